The number of hydrogen-bond acceptors (Lipinski definition) is 3. The van der Waals surface area contributed by atoms with Crippen LogP contribution in [0.15, 0.2) is 35.8 Å². The molecule has 0 fully saturated rings. The molecular formula is C14H19N3O2. The molecule has 0 aliphatic heterocycles. The SMILES string of the molecule is C=COCCCNC(C)c1ccc2[nH]c(=O)[nH]c2c1. The molecule has 5 heteroatoms. The first kappa shape index (κ1) is 13.4. The van der Waals surface area contributed by atoms with Gasteiger partial charge >= 0.3 is 5.69 Å². The normalized spacial score (nSPS) is 12.5. The minimum Gasteiger partial charge on any atom is -0.502 e. The van der Waals surface area contributed by atoms with Crippen LogP contribution < -0.4 is 11.0 Å². The molecule has 3 N–H and O–H groups in total. The van der Waals surface area contributed by atoms with E-state index in [-0.39, 0.29) is 11.7 Å². The van der Waals surface area contributed by atoms with E-state index in [1.807, 2.05) is 18.2 Å². The van der Waals surface area contributed by atoms with E-state index < -0.39 is 0 Å². The maximum atomic E-state index is 11.2. The van der Waals surface area contributed by atoms with Gasteiger partial charge in [-0.1, -0.05) is 12.6 Å². The summed E-state index contributed by atoms with van der Waals surface area (Å²) >= 11 is 0. The third-order valence-electron chi connectivity index (χ3n) is 3.05. The van der Waals surface area contributed by atoms with Gasteiger partial charge in [0.25, 0.3) is 0 Å². The fourth-order valence-electron chi connectivity index (χ4n) is 1.99. The summed E-state index contributed by atoms with van der Waals surface area (Å²) in [6, 6.07) is 6.16. The summed E-state index contributed by atoms with van der Waals surface area (Å²) < 4.78 is 5.06. The Labute approximate surface area is 111 Å². The van der Waals surface area contributed by atoms with E-state index in [9.17, 15) is 4.79 Å². The van der Waals surface area contributed by atoms with Gasteiger partial charge in [-0.05, 0) is 37.6 Å². The second-order valence-electron chi connectivity index (χ2n) is 4.45. The number of ether oxygens (including phenoxy) is 1. The van der Waals surface area contributed by atoms with Gasteiger partial charge in [0.05, 0.1) is 23.9 Å². The lowest BCUT2D eigenvalue weighted by Gasteiger charge is -2.14. The second kappa shape index (κ2) is 6.24. The van der Waals surface area contributed by atoms with Crippen molar-refractivity contribution in [3.63, 3.8) is 0 Å². The van der Waals surface area contributed by atoms with Crippen LogP contribution in [-0.2, 0) is 4.74 Å². The van der Waals surface area contributed by atoms with Crippen molar-refractivity contribution in [2.45, 2.75) is 19.4 Å². The predicted octanol–water partition coefficient (Wildman–Crippen LogP) is 2.06. The van der Waals surface area contributed by atoms with E-state index in [2.05, 4.69) is 28.8 Å². The third kappa shape index (κ3) is 3.48. The zero-order chi connectivity index (χ0) is 13.7. The monoisotopic (exact) mass is 261 g/mol. The summed E-state index contributed by atoms with van der Waals surface area (Å²) in [5, 5.41) is 3.41. The number of rotatable bonds is 7. The highest BCUT2D eigenvalue weighted by Gasteiger charge is 2.06. The molecule has 1 aromatic heterocycles. The van der Waals surface area contributed by atoms with E-state index in [1.54, 1.807) is 0 Å². The van der Waals surface area contributed by atoms with Gasteiger partial charge < -0.3 is 20.0 Å². The zero-order valence-electron chi connectivity index (χ0n) is 11.0. The van der Waals surface area contributed by atoms with Gasteiger partial charge in [-0.3, -0.25) is 0 Å². The van der Waals surface area contributed by atoms with Crippen LogP contribution >= 0.6 is 0 Å². The maximum Gasteiger partial charge on any atom is 0.323 e. The average Bonchev–Trinajstić information content (AvgIpc) is 2.77. The smallest absolute Gasteiger partial charge is 0.323 e. The van der Waals surface area contributed by atoms with Gasteiger partial charge in [0.1, 0.15) is 0 Å². The summed E-state index contributed by atoms with van der Waals surface area (Å²) in [5.74, 6) is 0. The lowest BCUT2D eigenvalue weighted by molar-refractivity contribution is 0.243. The highest BCUT2D eigenvalue weighted by Crippen LogP contribution is 2.16. The van der Waals surface area contributed by atoms with Crippen LogP contribution in [0, 0.1) is 0 Å². The Kier molecular flexibility index (Phi) is 4.41. The summed E-state index contributed by atoms with van der Waals surface area (Å²) in [4.78, 5) is 16.7. The third-order valence-corrected chi connectivity index (χ3v) is 3.05. The molecule has 0 aliphatic rings. The Morgan fingerprint density at radius 1 is 1.42 bits per heavy atom. The number of H-pyrrole nitrogens is 2. The molecule has 1 heterocycles. The molecular weight excluding hydrogens is 242 g/mol. The first-order valence-corrected chi connectivity index (χ1v) is 6.38. The molecule has 5 nitrogen and oxygen atoms in total. The average molecular weight is 261 g/mol. The number of imidazole rings is 1. The second-order valence-corrected chi connectivity index (χ2v) is 4.45. The minimum atomic E-state index is -0.172. The Balaban J connectivity index is 1.94. The van der Waals surface area contributed by atoms with Crippen molar-refractivity contribution >= 4 is 11.0 Å². The zero-order valence-corrected chi connectivity index (χ0v) is 11.0. The molecule has 19 heavy (non-hydrogen) atoms. The predicted molar refractivity (Wildman–Crippen MR) is 76.1 cm³/mol. The topological polar surface area (TPSA) is 69.9 Å². The number of hydrogen-bond donors (Lipinski definition) is 3. The largest absolute Gasteiger partial charge is 0.502 e. The number of fused-ring (bicyclic) bond motifs is 1. The standard InChI is InChI=1S/C14H19N3O2/c1-3-19-8-4-7-15-10(2)11-5-6-12-13(9-11)17-14(18)16-12/h3,5-6,9-10,15H,1,4,7-8H2,2H3,(H2,16,17,18). The van der Waals surface area contributed by atoms with Gasteiger partial charge in [-0.25, -0.2) is 4.79 Å². The molecule has 1 aromatic carbocycles. The van der Waals surface area contributed by atoms with Crippen LogP contribution in [0.5, 0.6) is 0 Å². The molecule has 102 valence electrons. The van der Waals surface area contributed by atoms with Crippen molar-refractivity contribution in [3.8, 4) is 0 Å². The van der Waals surface area contributed by atoms with E-state index in [0.29, 0.717) is 6.61 Å². The summed E-state index contributed by atoms with van der Waals surface area (Å²) in [6.45, 7) is 7.14. The molecule has 1 unspecified atom stereocenters. The highest BCUT2D eigenvalue weighted by molar-refractivity contribution is 5.75. The van der Waals surface area contributed by atoms with Crippen molar-refractivity contribution in [2.24, 2.45) is 0 Å². The van der Waals surface area contributed by atoms with Crippen LogP contribution in [0.25, 0.3) is 11.0 Å². The highest BCUT2D eigenvalue weighted by atomic mass is 16.5. The van der Waals surface area contributed by atoms with E-state index in [0.717, 1.165) is 29.6 Å². The quantitative estimate of drug-likeness (QED) is 0.528. The number of aromatic amines is 2. The maximum absolute atomic E-state index is 11.2. The number of benzene rings is 1. The van der Waals surface area contributed by atoms with Crippen molar-refractivity contribution in [2.75, 3.05) is 13.2 Å². The Bertz CT molecular complexity index is 600. The van der Waals surface area contributed by atoms with Crippen LogP contribution in [0.2, 0.25) is 0 Å². The van der Waals surface area contributed by atoms with Crippen LogP contribution in [0.3, 0.4) is 0 Å². The molecule has 0 radical (unpaired) electrons. The molecule has 0 aliphatic carbocycles. The molecule has 2 rings (SSSR count). The summed E-state index contributed by atoms with van der Waals surface area (Å²) in [6.07, 6.45) is 2.39. The minimum absolute atomic E-state index is 0.172. The number of nitrogens with one attached hydrogen (secondary N) is 3. The van der Waals surface area contributed by atoms with Gasteiger partial charge in [-0.2, -0.15) is 0 Å². The lowest BCUT2D eigenvalue weighted by Crippen LogP contribution is -2.20. The number of aromatic nitrogens is 2. The Hall–Kier alpha value is -2.01. The van der Waals surface area contributed by atoms with Crippen LogP contribution in [-0.4, -0.2) is 23.1 Å². The Morgan fingerprint density at radius 3 is 3.00 bits per heavy atom. The fourth-order valence-corrected chi connectivity index (χ4v) is 1.99. The molecule has 0 saturated heterocycles. The fraction of sp³-hybridized carbons (Fsp3) is 0.357. The molecule has 0 spiro atoms. The van der Waals surface area contributed by atoms with E-state index in [1.165, 1.54) is 6.26 Å². The van der Waals surface area contributed by atoms with Crippen LogP contribution in [0.4, 0.5) is 0 Å². The van der Waals surface area contributed by atoms with E-state index in [4.69, 9.17) is 4.74 Å². The summed E-state index contributed by atoms with van der Waals surface area (Å²) in [7, 11) is 0. The molecule has 0 bridgehead atoms. The van der Waals surface area contributed by atoms with Crippen LogP contribution in [0.1, 0.15) is 24.9 Å². The van der Waals surface area contributed by atoms with Crippen molar-refractivity contribution in [3.05, 3.63) is 47.1 Å². The lowest BCUT2D eigenvalue weighted by atomic mass is 10.1. The molecule has 0 saturated carbocycles. The van der Waals surface area contributed by atoms with Gasteiger partial charge in [0.15, 0.2) is 0 Å². The van der Waals surface area contributed by atoms with Gasteiger partial charge in [0, 0.05) is 6.04 Å². The Morgan fingerprint density at radius 2 is 2.21 bits per heavy atom. The van der Waals surface area contributed by atoms with Gasteiger partial charge in [-0.15, -0.1) is 0 Å². The molecule has 2 aromatic rings. The van der Waals surface area contributed by atoms with Crippen molar-refractivity contribution in [1.82, 2.24) is 15.3 Å². The van der Waals surface area contributed by atoms with Gasteiger partial charge in [0.2, 0.25) is 0 Å². The molecule has 1 atom stereocenters. The first-order chi connectivity index (χ1) is 9.20. The first-order valence-electron chi connectivity index (χ1n) is 6.38. The van der Waals surface area contributed by atoms with Crippen molar-refractivity contribution in [1.29, 1.82) is 0 Å². The van der Waals surface area contributed by atoms with E-state index >= 15 is 0 Å². The van der Waals surface area contributed by atoms with Crippen molar-refractivity contribution < 1.29 is 4.74 Å². The molecule has 0 amide bonds. The summed E-state index contributed by atoms with van der Waals surface area (Å²) in [5.41, 5.74) is 2.65.